The van der Waals surface area contributed by atoms with E-state index in [1.807, 2.05) is 0 Å². The van der Waals surface area contributed by atoms with Crippen molar-refractivity contribution in [2.24, 2.45) is 0 Å². The molecular formula is C11H9F2N3O4. The van der Waals surface area contributed by atoms with Gasteiger partial charge in [-0.3, -0.25) is 19.9 Å². The SMILES string of the molecule is CCOC(=O)Cc1ncc(C#N)c([N+](=O)[O-])c1C(F)F. The predicted octanol–water partition coefficient (Wildman–Crippen LogP) is 1.90. The maximum atomic E-state index is 13.0. The van der Waals surface area contributed by atoms with Crippen LogP contribution in [-0.2, 0) is 16.0 Å². The van der Waals surface area contributed by atoms with Gasteiger partial charge in [-0.15, -0.1) is 0 Å². The fraction of sp³-hybridized carbons (Fsp3) is 0.364. The van der Waals surface area contributed by atoms with E-state index in [4.69, 9.17) is 5.26 Å². The number of nitro groups is 1. The zero-order chi connectivity index (χ0) is 15.3. The van der Waals surface area contributed by atoms with Gasteiger partial charge in [-0.25, -0.2) is 8.78 Å². The van der Waals surface area contributed by atoms with Crippen LogP contribution in [-0.4, -0.2) is 22.5 Å². The van der Waals surface area contributed by atoms with Crippen molar-refractivity contribution in [1.82, 2.24) is 4.98 Å². The van der Waals surface area contributed by atoms with Gasteiger partial charge in [-0.05, 0) is 6.92 Å². The van der Waals surface area contributed by atoms with E-state index in [0.717, 1.165) is 6.20 Å². The number of nitriles is 1. The van der Waals surface area contributed by atoms with E-state index in [2.05, 4.69) is 9.72 Å². The van der Waals surface area contributed by atoms with Crippen LogP contribution in [0.3, 0.4) is 0 Å². The molecular weight excluding hydrogens is 276 g/mol. The van der Waals surface area contributed by atoms with E-state index in [1.54, 1.807) is 0 Å². The quantitative estimate of drug-likeness (QED) is 0.464. The first kappa shape index (κ1) is 15.4. The summed E-state index contributed by atoms with van der Waals surface area (Å²) in [4.78, 5) is 24.6. The highest BCUT2D eigenvalue weighted by atomic mass is 19.3. The number of nitrogens with zero attached hydrogens (tertiary/aromatic N) is 3. The molecule has 0 fully saturated rings. The largest absolute Gasteiger partial charge is 0.466 e. The topological polar surface area (TPSA) is 106 Å². The van der Waals surface area contributed by atoms with Crippen LogP contribution in [0.5, 0.6) is 0 Å². The number of hydrogen-bond donors (Lipinski definition) is 0. The third-order valence-electron chi connectivity index (χ3n) is 2.31. The summed E-state index contributed by atoms with van der Waals surface area (Å²) in [5, 5.41) is 19.5. The Kier molecular flexibility index (Phi) is 5.02. The van der Waals surface area contributed by atoms with Gasteiger partial charge in [0.15, 0.2) is 0 Å². The molecule has 1 heterocycles. The fourth-order valence-electron chi connectivity index (χ4n) is 1.55. The van der Waals surface area contributed by atoms with Crippen molar-refractivity contribution in [1.29, 1.82) is 5.26 Å². The molecule has 1 rings (SSSR count). The van der Waals surface area contributed by atoms with Crippen LogP contribution >= 0.6 is 0 Å². The molecule has 1 aromatic rings. The number of hydrogen-bond acceptors (Lipinski definition) is 6. The Labute approximate surface area is 111 Å². The maximum Gasteiger partial charge on any atom is 0.311 e. The first-order chi connectivity index (χ1) is 9.42. The smallest absolute Gasteiger partial charge is 0.311 e. The van der Waals surface area contributed by atoms with Crippen LogP contribution in [0.1, 0.15) is 30.2 Å². The number of pyridine rings is 1. The summed E-state index contributed by atoms with van der Waals surface area (Å²) in [5.74, 6) is -0.832. The fourth-order valence-corrected chi connectivity index (χ4v) is 1.55. The summed E-state index contributed by atoms with van der Waals surface area (Å²) in [7, 11) is 0. The van der Waals surface area contributed by atoms with Gasteiger partial charge in [0.25, 0.3) is 12.1 Å². The van der Waals surface area contributed by atoms with Crippen molar-refractivity contribution >= 4 is 11.7 Å². The van der Waals surface area contributed by atoms with E-state index < -0.39 is 46.2 Å². The minimum atomic E-state index is -3.24. The molecule has 20 heavy (non-hydrogen) atoms. The number of rotatable bonds is 5. The average Bonchev–Trinajstić information content (AvgIpc) is 2.37. The Morgan fingerprint density at radius 3 is 2.75 bits per heavy atom. The van der Waals surface area contributed by atoms with E-state index >= 15 is 0 Å². The standard InChI is InChI=1S/C11H9F2N3O4/c1-2-20-8(17)3-7-9(11(12)13)10(16(18)19)6(4-14)5-15-7/h5,11H,2-3H2,1H3. The lowest BCUT2D eigenvalue weighted by Crippen LogP contribution is -2.13. The lowest BCUT2D eigenvalue weighted by Gasteiger charge is -2.09. The van der Waals surface area contributed by atoms with Crippen molar-refractivity contribution in [3.63, 3.8) is 0 Å². The molecule has 9 heteroatoms. The molecule has 0 radical (unpaired) electrons. The molecule has 0 unspecified atom stereocenters. The van der Waals surface area contributed by atoms with E-state index in [0.29, 0.717) is 0 Å². The van der Waals surface area contributed by atoms with Crippen LogP contribution in [0.4, 0.5) is 14.5 Å². The Bertz CT molecular complexity index is 584. The number of carbonyl (C=O) groups excluding carboxylic acids is 1. The molecule has 0 bridgehead atoms. The molecule has 0 amide bonds. The summed E-state index contributed by atoms with van der Waals surface area (Å²) < 4.78 is 30.6. The van der Waals surface area contributed by atoms with Crippen molar-refractivity contribution in [3.8, 4) is 6.07 Å². The summed E-state index contributed by atoms with van der Waals surface area (Å²) in [5.41, 5.74) is -3.11. The summed E-state index contributed by atoms with van der Waals surface area (Å²) in [6, 6.07) is 1.42. The number of alkyl halides is 2. The highest BCUT2D eigenvalue weighted by Gasteiger charge is 2.31. The Balaban J connectivity index is 3.39. The number of ether oxygens (including phenoxy) is 1. The molecule has 1 aromatic heterocycles. The van der Waals surface area contributed by atoms with Gasteiger partial charge in [-0.2, -0.15) is 5.26 Å². The van der Waals surface area contributed by atoms with E-state index in [9.17, 15) is 23.7 Å². The van der Waals surface area contributed by atoms with Gasteiger partial charge < -0.3 is 4.74 Å². The molecule has 0 aliphatic heterocycles. The summed E-state index contributed by atoms with van der Waals surface area (Å²) in [6.45, 7) is 1.57. The van der Waals surface area contributed by atoms with Crippen LogP contribution in [0, 0.1) is 21.4 Å². The second-order valence-electron chi connectivity index (χ2n) is 3.53. The van der Waals surface area contributed by atoms with E-state index in [1.165, 1.54) is 13.0 Å². The zero-order valence-corrected chi connectivity index (χ0v) is 10.3. The van der Waals surface area contributed by atoms with Crippen molar-refractivity contribution in [2.75, 3.05) is 6.61 Å². The highest BCUT2D eigenvalue weighted by Crippen LogP contribution is 2.33. The van der Waals surface area contributed by atoms with E-state index in [-0.39, 0.29) is 6.61 Å². The molecule has 0 saturated heterocycles. The molecule has 7 nitrogen and oxygen atoms in total. The van der Waals surface area contributed by atoms with Gasteiger partial charge in [0.05, 0.1) is 29.8 Å². The van der Waals surface area contributed by atoms with Crippen molar-refractivity contribution in [3.05, 3.63) is 33.1 Å². The summed E-state index contributed by atoms with van der Waals surface area (Å²) in [6.07, 6.45) is -3.07. The third-order valence-corrected chi connectivity index (χ3v) is 2.31. The normalized spacial score (nSPS) is 10.2. The minimum absolute atomic E-state index is 0.0429. The first-order valence-electron chi connectivity index (χ1n) is 5.42. The monoisotopic (exact) mass is 285 g/mol. The zero-order valence-electron chi connectivity index (χ0n) is 10.3. The second kappa shape index (κ2) is 6.51. The number of halogens is 2. The molecule has 0 saturated carbocycles. The molecule has 0 atom stereocenters. The van der Waals surface area contributed by atoms with Gasteiger partial charge in [0.1, 0.15) is 17.2 Å². The average molecular weight is 285 g/mol. The van der Waals surface area contributed by atoms with Gasteiger partial charge in [0, 0.05) is 0 Å². The first-order valence-corrected chi connectivity index (χ1v) is 5.42. The van der Waals surface area contributed by atoms with Gasteiger partial charge in [-0.1, -0.05) is 0 Å². The lowest BCUT2D eigenvalue weighted by molar-refractivity contribution is -0.386. The second-order valence-corrected chi connectivity index (χ2v) is 3.53. The van der Waals surface area contributed by atoms with Crippen molar-refractivity contribution < 1.29 is 23.2 Å². The highest BCUT2D eigenvalue weighted by molar-refractivity contribution is 5.73. The Morgan fingerprint density at radius 1 is 1.65 bits per heavy atom. The minimum Gasteiger partial charge on any atom is -0.466 e. The summed E-state index contributed by atoms with van der Waals surface area (Å²) >= 11 is 0. The van der Waals surface area contributed by atoms with Crippen LogP contribution in [0.15, 0.2) is 6.20 Å². The Hall–Kier alpha value is -2.63. The number of esters is 1. The van der Waals surface area contributed by atoms with Crippen LogP contribution in [0.2, 0.25) is 0 Å². The molecule has 0 N–H and O–H groups in total. The third kappa shape index (κ3) is 3.23. The predicted molar refractivity (Wildman–Crippen MR) is 60.9 cm³/mol. The number of carbonyl (C=O) groups is 1. The molecule has 0 spiro atoms. The van der Waals surface area contributed by atoms with Gasteiger partial charge in [0.2, 0.25) is 0 Å². The molecule has 106 valence electrons. The number of aromatic nitrogens is 1. The van der Waals surface area contributed by atoms with Crippen LogP contribution in [0.25, 0.3) is 0 Å². The maximum absolute atomic E-state index is 13.0. The van der Waals surface area contributed by atoms with Crippen molar-refractivity contribution in [2.45, 2.75) is 19.8 Å². The molecule has 0 aliphatic rings. The molecule has 0 aromatic carbocycles. The Morgan fingerprint density at radius 2 is 2.30 bits per heavy atom. The van der Waals surface area contributed by atoms with Gasteiger partial charge >= 0.3 is 5.97 Å². The lowest BCUT2D eigenvalue weighted by atomic mass is 10.1. The van der Waals surface area contributed by atoms with Crippen LogP contribution < -0.4 is 0 Å². The molecule has 0 aliphatic carbocycles.